The van der Waals surface area contributed by atoms with Crippen LogP contribution in [0.1, 0.15) is 84.8 Å². The van der Waals surface area contributed by atoms with E-state index in [1.807, 2.05) is 31.2 Å². The normalized spacial score (nSPS) is 20.9. The Morgan fingerprint density at radius 1 is 1.02 bits per heavy atom. The standard InChI is InChI=1S/C33H39N3O2S2/c1-2-7-27-16-17-29(39-27)30-18-19-31(40-30)32(38)24-14-12-23(13-15-24)28(21-22-8-6-11-26(37)20-22)36-33(34)35-25-9-4-3-5-10-25/h6,8,11,16-20,23-25,28,37H,3-5,9-10,12-15,21H2,1H3,(H3,34,35,36)/t23?,24?,28-/m0/s1. The van der Waals surface area contributed by atoms with Crippen molar-refractivity contribution in [2.75, 3.05) is 0 Å². The van der Waals surface area contributed by atoms with Gasteiger partial charge in [0, 0.05) is 21.7 Å². The lowest BCUT2D eigenvalue weighted by molar-refractivity contribution is 0.0867. The Hall–Kier alpha value is -3.08. The van der Waals surface area contributed by atoms with E-state index in [1.165, 1.54) is 24.1 Å². The first-order valence-electron chi connectivity index (χ1n) is 14.5. The summed E-state index contributed by atoms with van der Waals surface area (Å²) in [6.07, 6.45) is 10.4. The van der Waals surface area contributed by atoms with Crippen molar-refractivity contribution >= 4 is 34.4 Å². The topological polar surface area (TPSA) is 87.7 Å². The van der Waals surface area contributed by atoms with Crippen molar-refractivity contribution in [2.24, 2.45) is 22.6 Å². The zero-order valence-corrected chi connectivity index (χ0v) is 24.8. The molecule has 0 radical (unpaired) electrons. The Morgan fingerprint density at radius 2 is 1.77 bits per heavy atom. The summed E-state index contributed by atoms with van der Waals surface area (Å²) in [6, 6.07) is 16.1. The number of ketones is 1. The number of aliphatic imine (C=N–C) groups is 1. The lowest BCUT2D eigenvalue weighted by atomic mass is 9.75. The molecule has 0 unspecified atom stereocenters. The first-order chi connectivity index (χ1) is 19.5. The summed E-state index contributed by atoms with van der Waals surface area (Å²) >= 11 is 3.27. The van der Waals surface area contributed by atoms with Gasteiger partial charge in [-0.3, -0.25) is 9.79 Å². The second-order valence-corrected chi connectivity index (χ2v) is 13.3. The number of guanidine groups is 1. The van der Waals surface area contributed by atoms with Crippen LogP contribution >= 0.6 is 22.7 Å². The molecule has 0 spiro atoms. The van der Waals surface area contributed by atoms with Crippen LogP contribution in [0, 0.1) is 23.7 Å². The van der Waals surface area contributed by atoms with E-state index in [9.17, 15) is 9.90 Å². The first kappa shape index (κ1) is 28.4. The maximum atomic E-state index is 13.5. The van der Waals surface area contributed by atoms with E-state index in [0.29, 0.717) is 17.9 Å². The van der Waals surface area contributed by atoms with Gasteiger partial charge in [-0.25, -0.2) is 0 Å². The maximum Gasteiger partial charge on any atom is 0.189 e. The Kier molecular flexibility index (Phi) is 9.62. The third-order valence-electron chi connectivity index (χ3n) is 8.25. The molecule has 5 nitrogen and oxygen atoms in total. The lowest BCUT2D eigenvalue weighted by Gasteiger charge is -2.34. The number of hydrogen-bond donors (Lipinski definition) is 3. The van der Waals surface area contributed by atoms with Gasteiger partial charge in [0.1, 0.15) is 5.75 Å². The third kappa shape index (κ3) is 7.35. The number of benzene rings is 1. The number of aromatic hydroxyl groups is 1. The van der Waals surface area contributed by atoms with Crippen LogP contribution in [0.5, 0.6) is 5.75 Å². The maximum absolute atomic E-state index is 13.5. The number of Topliss-reactive ketones (excluding diaryl/α,β-unsaturated/α-hetero) is 1. The number of rotatable bonds is 8. The highest BCUT2D eigenvalue weighted by Gasteiger charge is 2.32. The fourth-order valence-corrected chi connectivity index (χ4v) is 8.18. The number of hydrogen-bond acceptors (Lipinski definition) is 5. The van der Waals surface area contributed by atoms with Crippen LogP contribution in [0.15, 0.2) is 53.5 Å². The number of phenols is 1. The molecule has 0 bridgehead atoms. The highest BCUT2D eigenvalue weighted by atomic mass is 32.1. The van der Waals surface area contributed by atoms with Crippen LogP contribution in [0.3, 0.4) is 0 Å². The minimum atomic E-state index is 0.0577. The smallest absolute Gasteiger partial charge is 0.189 e. The zero-order valence-electron chi connectivity index (χ0n) is 23.2. The molecule has 0 aliphatic heterocycles. The second kappa shape index (κ2) is 13.5. The minimum absolute atomic E-state index is 0.0577. The minimum Gasteiger partial charge on any atom is -0.508 e. The van der Waals surface area contributed by atoms with Gasteiger partial charge < -0.3 is 16.2 Å². The van der Waals surface area contributed by atoms with Crippen molar-refractivity contribution in [3.63, 3.8) is 0 Å². The SMILES string of the molecule is CC#Cc1ccc(-c2ccc(C(=O)C3CCC([C@H](Cc4cccc(O)c4)NC(N)=NC4CCCCC4)CC3)s2)s1. The van der Waals surface area contributed by atoms with E-state index in [0.717, 1.165) is 65.1 Å². The molecule has 2 heterocycles. The Labute approximate surface area is 245 Å². The van der Waals surface area contributed by atoms with Gasteiger partial charge in [0.15, 0.2) is 11.7 Å². The number of thiophene rings is 2. The molecule has 0 saturated heterocycles. The average molecular weight is 574 g/mol. The highest BCUT2D eigenvalue weighted by molar-refractivity contribution is 7.23. The van der Waals surface area contributed by atoms with Crippen molar-refractivity contribution in [2.45, 2.75) is 83.2 Å². The molecule has 40 heavy (non-hydrogen) atoms. The van der Waals surface area contributed by atoms with E-state index in [1.54, 1.807) is 28.7 Å². The van der Waals surface area contributed by atoms with Gasteiger partial charge in [-0.15, -0.1) is 28.6 Å². The van der Waals surface area contributed by atoms with Crippen LogP contribution in [-0.2, 0) is 6.42 Å². The fourth-order valence-electron chi connectivity index (χ4n) is 6.16. The molecule has 2 aromatic heterocycles. The van der Waals surface area contributed by atoms with E-state index in [-0.39, 0.29) is 23.5 Å². The van der Waals surface area contributed by atoms with Gasteiger partial charge in [0.05, 0.1) is 15.8 Å². The molecule has 1 atom stereocenters. The highest BCUT2D eigenvalue weighted by Crippen LogP contribution is 2.38. The van der Waals surface area contributed by atoms with Crippen LogP contribution in [0.25, 0.3) is 9.75 Å². The Balaban J connectivity index is 1.23. The van der Waals surface area contributed by atoms with Gasteiger partial charge in [-0.05, 0) is 99.7 Å². The van der Waals surface area contributed by atoms with Crippen molar-refractivity contribution < 1.29 is 9.90 Å². The van der Waals surface area contributed by atoms with Crippen molar-refractivity contribution in [1.82, 2.24) is 5.32 Å². The number of carbonyl (C=O) groups excluding carboxylic acids is 1. The molecule has 1 aromatic carbocycles. The number of phenolic OH excluding ortho intramolecular Hbond substituents is 1. The Bertz CT molecular complexity index is 1380. The van der Waals surface area contributed by atoms with Gasteiger partial charge in [0.25, 0.3) is 0 Å². The average Bonchev–Trinajstić information content (AvgIpc) is 3.63. The number of carbonyl (C=O) groups is 1. The summed E-state index contributed by atoms with van der Waals surface area (Å²) in [7, 11) is 0. The summed E-state index contributed by atoms with van der Waals surface area (Å²) in [5.74, 6) is 7.59. The lowest BCUT2D eigenvalue weighted by Crippen LogP contribution is -2.47. The van der Waals surface area contributed by atoms with Crippen molar-refractivity contribution in [3.05, 3.63) is 63.8 Å². The molecule has 2 aliphatic rings. The summed E-state index contributed by atoms with van der Waals surface area (Å²) < 4.78 is 0. The van der Waals surface area contributed by atoms with E-state index < -0.39 is 0 Å². The molecule has 2 aliphatic carbocycles. The molecule has 2 saturated carbocycles. The predicted octanol–water partition coefficient (Wildman–Crippen LogP) is 7.39. The molecular weight excluding hydrogens is 535 g/mol. The fraction of sp³-hybridized carbons (Fsp3) is 0.455. The van der Waals surface area contributed by atoms with Crippen LogP contribution < -0.4 is 11.1 Å². The van der Waals surface area contributed by atoms with Crippen LogP contribution in [0.2, 0.25) is 0 Å². The summed E-state index contributed by atoms with van der Waals surface area (Å²) in [6.45, 7) is 1.85. The number of nitrogens with one attached hydrogen (secondary N) is 1. The van der Waals surface area contributed by atoms with E-state index >= 15 is 0 Å². The summed E-state index contributed by atoms with van der Waals surface area (Å²) in [5, 5.41) is 13.6. The molecular formula is C33H39N3O2S2. The number of nitrogens with zero attached hydrogens (tertiary/aromatic N) is 1. The third-order valence-corrected chi connectivity index (χ3v) is 10.5. The Morgan fingerprint density at radius 3 is 2.52 bits per heavy atom. The van der Waals surface area contributed by atoms with Gasteiger partial charge in [-0.1, -0.05) is 37.3 Å². The molecule has 4 N–H and O–H groups in total. The predicted molar refractivity (Wildman–Crippen MR) is 167 cm³/mol. The molecule has 3 aromatic rings. The first-order valence-corrected chi connectivity index (χ1v) is 16.2. The van der Waals surface area contributed by atoms with Gasteiger partial charge >= 0.3 is 0 Å². The number of nitrogens with two attached hydrogens (primary N) is 1. The quantitative estimate of drug-likeness (QED) is 0.113. The van der Waals surface area contributed by atoms with E-state index in [4.69, 9.17) is 10.7 Å². The van der Waals surface area contributed by atoms with Crippen LogP contribution in [-0.4, -0.2) is 28.9 Å². The van der Waals surface area contributed by atoms with E-state index in [2.05, 4.69) is 35.4 Å². The molecule has 5 rings (SSSR count). The molecule has 2 fully saturated rings. The van der Waals surface area contributed by atoms with Gasteiger partial charge in [0.2, 0.25) is 0 Å². The summed E-state index contributed by atoms with van der Waals surface area (Å²) in [4.78, 5) is 22.5. The van der Waals surface area contributed by atoms with Gasteiger partial charge in [-0.2, -0.15) is 0 Å². The molecule has 0 amide bonds. The van der Waals surface area contributed by atoms with Crippen molar-refractivity contribution in [3.8, 4) is 27.3 Å². The second-order valence-electron chi connectivity index (χ2n) is 11.1. The monoisotopic (exact) mass is 573 g/mol. The molecule has 7 heteroatoms. The summed E-state index contributed by atoms with van der Waals surface area (Å²) in [5.41, 5.74) is 7.52. The molecule has 210 valence electrons. The zero-order chi connectivity index (χ0) is 27.9. The van der Waals surface area contributed by atoms with Crippen molar-refractivity contribution in [1.29, 1.82) is 0 Å². The van der Waals surface area contributed by atoms with Crippen LogP contribution in [0.4, 0.5) is 0 Å². The largest absolute Gasteiger partial charge is 0.508 e.